The Bertz CT molecular complexity index is 624. The lowest BCUT2D eigenvalue weighted by Crippen LogP contribution is -2.39. The van der Waals surface area contributed by atoms with E-state index in [-0.39, 0.29) is 24.0 Å². The van der Waals surface area contributed by atoms with Crippen molar-refractivity contribution in [3.05, 3.63) is 45.7 Å². The fourth-order valence-electron chi connectivity index (χ4n) is 2.11. The molecule has 0 spiro atoms. The number of aryl methyl sites for hydroxylation is 2. The van der Waals surface area contributed by atoms with E-state index in [2.05, 4.69) is 38.6 Å². The summed E-state index contributed by atoms with van der Waals surface area (Å²) < 4.78 is 0. The van der Waals surface area contributed by atoms with Gasteiger partial charge in [0.15, 0.2) is 5.96 Å². The zero-order chi connectivity index (χ0) is 16.5. The van der Waals surface area contributed by atoms with Crippen LogP contribution in [0.25, 0.3) is 0 Å². The van der Waals surface area contributed by atoms with Crippen molar-refractivity contribution in [1.29, 1.82) is 0 Å². The zero-order valence-electron chi connectivity index (χ0n) is 14.5. The monoisotopic (exact) mass is 459 g/mol. The molecule has 2 N–H and O–H groups in total. The molecular weight excluding hydrogens is 433 g/mol. The Labute approximate surface area is 165 Å². The molecular formula is C17H26IN5S. The fraction of sp³-hybridized carbons (Fsp3) is 0.471. The highest BCUT2D eigenvalue weighted by molar-refractivity contribution is 14.0. The first-order chi connectivity index (χ1) is 11.2. The molecule has 0 aromatic carbocycles. The molecule has 7 heteroatoms. The minimum Gasteiger partial charge on any atom is -0.356 e. The van der Waals surface area contributed by atoms with Crippen molar-refractivity contribution < 1.29 is 0 Å². The number of rotatable bonds is 7. The lowest BCUT2D eigenvalue weighted by molar-refractivity contribution is 0.780. The van der Waals surface area contributed by atoms with Crippen LogP contribution in [0.2, 0.25) is 0 Å². The van der Waals surface area contributed by atoms with E-state index in [1.807, 2.05) is 25.4 Å². The van der Waals surface area contributed by atoms with Crippen molar-refractivity contribution in [2.24, 2.45) is 4.99 Å². The summed E-state index contributed by atoms with van der Waals surface area (Å²) >= 11 is 1.79. The van der Waals surface area contributed by atoms with Gasteiger partial charge in [-0.3, -0.25) is 9.98 Å². The van der Waals surface area contributed by atoms with Gasteiger partial charge in [-0.15, -0.1) is 35.3 Å². The number of nitrogens with zero attached hydrogens (tertiary/aromatic N) is 3. The maximum absolute atomic E-state index is 4.43. The third-order valence-electron chi connectivity index (χ3n) is 3.48. The van der Waals surface area contributed by atoms with Crippen LogP contribution in [0.3, 0.4) is 0 Å². The van der Waals surface area contributed by atoms with Gasteiger partial charge in [-0.2, -0.15) is 0 Å². The molecule has 0 amide bonds. The van der Waals surface area contributed by atoms with Gasteiger partial charge in [0.05, 0.1) is 5.01 Å². The second-order valence-corrected chi connectivity index (χ2v) is 6.51. The molecule has 132 valence electrons. The first-order valence-corrected chi connectivity index (χ1v) is 8.82. The molecule has 5 nitrogen and oxygen atoms in total. The summed E-state index contributed by atoms with van der Waals surface area (Å²) in [6.07, 6.45) is 6.82. The minimum atomic E-state index is 0. The van der Waals surface area contributed by atoms with Gasteiger partial charge >= 0.3 is 0 Å². The number of hydrogen-bond donors (Lipinski definition) is 2. The highest BCUT2D eigenvalue weighted by Gasteiger charge is 2.02. The lowest BCUT2D eigenvalue weighted by atomic mass is 10.2. The van der Waals surface area contributed by atoms with Crippen LogP contribution >= 0.6 is 35.3 Å². The van der Waals surface area contributed by atoms with Gasteiger partial charge in [-0.25, -0.2) is 4.98 Å². The van der Waals surface area contributed by atoms with E-state index in [4.69, 9.17) is 0 Å². The number of halogens is 1. The normalized spacial score (nSPS) is 11.0. The quantitative estimate of drug-likeness (QED) is 0.380. The summed E-state index contributed by atoms with van der Waals surface area (Å²) in [5.41, 5.74) is 2.28. The van der Waals surface area contributed by atoms with Crippen LogP contribution in [-0.2, 0) is 19.3 Å². The Morgan fingerprint density at radius 3 is 2.46 bits per heavy atom. The van der Waals surface area contributed by atoms with Crippen molar-refractivity contribution >= 4 is 41.3 Å². The molecule has 0 saturated carbocycles. The molecule has 0 unspecified atom stereocenters. The number of hydrogen-bond acceptors (Lipinski definition) is 4. The Balaban J connectivity index is 0.00000288. The van der Waals surface area contributed by atoms with E-state index in [9.17, 15) is 0 Å². The average molecular weight is 459 g/mol. The van der Waals surface area contributed by atoms with Crippen molar-refractivity contribution in [2.75, 3.05) is 20.1 Å². The molecule has 2 aromatic heterocycles. The molecule has 2 heterocycles. The van der Waals surface area contributed by atoms with Gasteiger partial charge in [0.25, 0.3) is 0 Å². The van der Waals surface area contributed by atoms with Crippen LogP contribution in [0.15, 0.2) is 29.5 Å². The molecule has 0 atom stereocenters. The third kappa shape index (κ3) is 7.12. The van der Waals surface area contributed by atoms with E-state index in [0.29, 0.717) is 0 Å². The first kappa shape index (κ1) is 20.8. The number of thiazole rings is 1. The van der Waals surface area contributed by atoms with E-state index < -0.39 is 0 Å². The maximum Gasteiger partial charge on any atom is 0.191 e. The van der Waals surface area contributed by atoms with E-state index in [1.165, 1.54) is 15.4 Å². The van der Waals surface area contributed by atoms with Gasteiger partial charge in [0, 0.05) is 49.5 Å². The summed E-state index contributed by atoms with van der Waals surface area (Å²) in [6.45, 7) is 5.83. The lowest BCUT2D eigenvalue weighted by Gasteiger charge is -2.11. The smallest absolute Gasteiger partial charge is 0.191 e. The molecule has 0 fully saturated rings. The Morgan fingerprint density at radius 1 is 1.12 bits per heavy atom. The zero-order valence-corrected chi connectivity index (χ0v) is 17.6. The molecule has 0 saturated heterocycles. The van der Waals surface area contributed by atoms with Crippen molar-refractivity contribution in [1.82, 2.24) is 20.6 Å². The van der Waals surface area contributed by atoms with E-state index >= 15 is 0 Å². The van der Waals surface area contributed by atoms with Crippen LogP contribution in [0.1, 0.15) is 28.1 Å². The van der Waals surface area contributed by atoms with Gasteiger partial charge in [-0.05, 0) is 31.4 Å². The van der Waals surface area contributed by atoms with Gasteiger partial charge < -0.3 is 10.6 Å². The second-order valence-electron chi connectivity index (χ2n) is 5.31. The molecule has 2 rings (SSSR count). The van der Waals surface area contributed by atoms with Gasteiger partial charge in [0.1, 0.15) is 0 Å². The minimum absolute atomic E-state index is 0. The Morgan fingerprint density at radius 2 is 1.88 bits per heavy atom. The van der Waals surface area contributed by atoms with Crippen LogP contribution < -0.4 is 10.6 Å². The number of aliphatic imine (C=N–C) groups is 1. The molecule has 0 aliphatic heterocycles. The molecule has 0 aliphatic rings. The summed E-state index contributed by atoms with van der Waals surface area (Å²) in [7, 11) is 1.79. The molecule has 0 radical (unpaired) electrons. The van der Waals surface area contributed by atoms with Crippen molar-refractivity contribution in [3.63, 3.8) is 0 Å². The summed E-state index contributed by atoms with van der Waals surface area (Å²) in [4.78, 5) is 14.3. The first-order valence-electron chi connectivity index (χ1n) is 8.01. The average Bonchev–Trinajstić information content (AvgIpc) is 3.03. The molecule has 0 aliphatic carbocycles. The third-order valence-corrected chi connectivity index (χ3v) is 4.68. The van der Waals surface area contributed by atoms with Gasteiger partial charge in [0.2, 0.25) is 0 Å². The number of guanidine groups is 1. The maximum atomic E-state index is 4.43. The fourth-order valence-corrected chi connectivity index (χ4v) is 2.97. The Kier molecular flexibility index (Phi) is 9.85. The van der Waals surface area contributed by atoms with E-state index in [1.54, 1.807) is 18.4 Å². The molecule has 2 aromatic rings. The highest BCUT2D eigenvalue weighted by Crippen LogP contribution is 2.13. The SMILES string of the molecule is CCc1cnc(CCNC(=NC)NCCc2ccc(C)nc2)s1.I. The number of nitrogens with one attached hydrogen (secondary N) is 2. The second kappa shape index (κ2) is 11.4. The van der Waals surface area contributed by atoms with Crippen LogP contribution in [-0.4, -0.2) is 36.1 Å². The largest absolute Gasteiger partial charge is 0.356 e. The summed E-state index contributed by atoms with van der Waals surface area (Å²) in [5.74, 6) is 0.831. The Hall–Kier alpha value is -1.22. The summed E-state index contributed by atoms with van der Waals surface area (Å²) in [6, 6.07) is 4.16. The molecule has 24 heavy (non-hydrogen) atoms. The predicted octanol–water partition coefficient (Wildman–Crippen LogP) is 2.98. The van der Waals surface area contributed by atoms with E-state index in [0.717, 1.165) is 44.0 Å². The predicted molar refractivity (Wildman–Crippen MR) is 113 cm³/mol. The van der Waals surface area contributed by atoms with Crippen LogP contribution in [0, 0.1) is 6.92 Å². The van der Waals surface area contributed by atoms with Crippen molar-refractivity contribution in [3.8, 4) is 0 Å². The van der Waals surface area contributed by atoms with Crippen molar-refractivity contribution in [2.45, 2.75) is 33.1 Å². The number of pyridine rings is 1. The summed E-state index contributed by atoms with van der Waals surface area (Å²) in [5, 5.41) is 7.84. The highest BCUT2D eigenvalue weighted by atomic mass is 127. The van der Waals surface area contributed by atoms with Gasteiger partial charge in [-0.1, -0.05) is 13.0 Å². The standard InChI is InChI=1S/C17H25N5S.HI/c1-4-15-12-22-16(23-15)8-10-20-17(18-3)19-9-7-14-6-5-13(2)21-11-14;/h5-6,11-12H,4,7-10H2,1-3H3,(H2,18,19,20);1H. The van der Waals surface area contributed by atoms with Crippen LogP contribution in [0.4, 0.5) is 0 Å². The van der Waals surface area contributed by atoms with Crippen LogP contribution in [0.5, 0.6) is 0 Å². The molecule has 0 bridgehead atoms. The topological polar surface area (TPSA) is 62.2 Å². The number of aromatic nitrogens is 2.